The molecule has 2 N–H and O–H groups in total. The minimum atomic E-state index is -4.98. The lowest BCUT2D eigenvalue weighted by molar-refractivity contribution is -0.143. The zero-order valence-electron chi connectivity index (χ0n) is 24.5. The Morgan fingerprint density at radius 3 is 2.18 bits per heavy atom. The molecule has 240 valence electrons. The van der Waals surface area contributed by atoms with Gasteiger partial charge in [-0.2, -0.15) is 31.1 Å². The molecule has 8 nitrogen and oxygen atoms in total. The number of anilines is 1. The third kappa shape index (κ3) is 8.10. The van der Waals surface area contributed by atoms with Gasteiger partial charge in [0.15, 0.2) is 0 Å². The van der Waals surface area contributed by atoms with Crippen molar-refractivity contribution in [2.45, 2.75) is 63.5 Å². The number of benzene rings is 2. The number of aryl methyl sites for hydroxylation is 1. The second-order valence-corrected chi connectivity index (χ2v) is 11.2. The van der Waals surface area contributed by atoms with Gasteiger partial charge in [0.2, 0.25) is 0 Å². The predicted octanol–water partition coefficient (Wildman–Crippen LogP) is 7.26. The Bertz CT molecular complexity index is 1540. The summed E-state index contributed by atoms with van der Waals surface area (Å²) in [6.45, 7) is 0.0583. The summed E-state index contributed by atoms with van der Waals surface area (Å²) in [4.78, 5) is 7.48. The molecule has 1 unspecified atom stereocenters. The summed E-state index contributed by atoms with van der Waals surface area (Å²) in [5.41, 5.74) is 4.44. The Kier molecular flexibility index (Phi) is 9.61. The molecule has 0 saturated heterocycles. The average Bonchev–Trinajstić information content (AvgIpc) is 3.68. The third-order valence-electron chi connectivity index (χ3n) is 7.92. The summed E-state index contributed by atoms with van der Waals surface area (Å²) in [6.07, 6.45) is -3.49. The Morgan fingerprint density at radius 1 is 0.933 bits per heavy atom. The van der Waals surface area contributed by atoms with Crippen LogP contribution in [-0.4, -0.2) is 31.7 Å². The van der Waals surface area contributed by atoms with Gasteiger partial charge in [0.05, 0.1) is 24.4 Å². The first-order chi connectivity index (χ1) is 21.4. The molecule has 14 heteroatoms. The fourth-order valence-corrected chi connectivity index (χ4v) is 5.91. The van der Waals surface area contributed by atoms with Gasteiger partial charge in [0, 0.05) is 24.7 Å². The van der Waals surface area contributed by atoms with E-state index in [2.05, 4.69) is 15.4 Å². The molecule has 0 amide bonds. The fourth-order valence-electron chi connectivity index (χ4n) is 5.91. The normalized spacial score (nSPS) is 14.9. The maximum Gasteiger partial charge on any atom is 0.416 e. The number of alkyl halides is 6. The van der Waals surface area contributed by atoms with E-state index in [1.165, 1.54) is 16.7 Å². The summed E-state index contributed by atoms with van der Waals surface area (Å²) in [5, 5.41) is 12.1. The van der Waals surface area contributed by atoms with Crippen LogP contribution in [0.2, 0.25) is 0 Å². The molecule has 1 aliphatic carbocycles. The Morgan fingerprint density at radius 2 is 1.60 bits per heavy atom. The van der Waals surface area contributed by atoms with Crippen molar-refractivity contribution < 1.29 is 31.1 Å². The van der Waals surface area contributed by atoms with Gasteiger partial charge in [-0.1, -0.05) is 36.1 Å². The Hall–Kier alpha value is -4.20. The fraction of sp³-hybridized carbons (Fsp3) is 0.419. The molecule has 1 saturated carbocycles. The molecule has 1 aliphatic rings. The first-order valence-electron chi connectivity index (χ1n) is 14.6. The molecule has 1 fully saturated rings. The number of tetrazole rings is 1. The Balaban J connectivity index is 1.58. The van der Waals surface area contributed by atoms with Crippen LogP contribution in [0.3, 0.4) is 0 Å². The summed E-state index contributed by atoms with van der Waals surface area (Å²) < 4.78 is 88.1. The molecule has 0 aliphatic heterocycles. The molecule has 1 atom stereocenters. The van der Waals surface area contributed by atoms with Crippen molar-refractivity contribution in [3.63, 3.8) is 0 Å². The van der Waals surface area contributed by atoms with Gasteiger partial charge in [0.25, 0.3) is 5.95 Å². The van der Waals surface area contributed by atoms with E-state index < -0.39 is 23.5 Å². The number of nitrogens with zero attached hydrogens (tertiary/aromatic N) is 6. The molecule has 45 heavy (non-hydrogen) atoms. The summed E-state index contributed by atoms with van der Waals surface area (Å²) in [5.74, 6) is 1.36. The van der Waals surface area contributed by atoms with Crippen LogP contribution in [0.15, 0.2) is 60.8 Å². The largest absolute Gasteiger partial charge is 0.456 e. The van der Waals surface area contributed by atoms with Gasteiger partial charge in [-0.3, -0.25) is 4.98 Å². The minimum Gasteiger partial charge on any atom is -0.456 e. The van der Waals surface area contributed by atoms with Crippen LogP contribution in [0.1, 0.15) is 66.0 Å². The molecular weight excluding hydrogens is 600 g/mol. The number of ether oxygens (including phenoxy) is 1. The number of hydrogen-bond donors (Lipinski definition) is 1. The summed E-state index contributed by atoms with van der Waals surface area (Å²) in [7, 11) is 1.51. The van der Waals surface area contributed by atoms with Crippen molar-refractivity contribution >= 4 is 5.95 Å². The Labute approximate surface area is 256 Å². The van der Waals surface area contributed by atoms with Crippen molar-refractivity contribution in [2.24, 2.45) is 18.7 Å². The number of hydrogen-bond acceptors (Lipinski definition) is 7. The number of aromatic nitrogens is 5. The highest BCUT2D eigenvalue weighted by Crippen LogP contribution is 2.41. The quantitative estimate of drug-likeness (QED) is 0.174. The molecule has 0 spiro atoms. The van der Waals surface area contributed by atoms with Gasteiger partial charge >= 0.3 is 12.4 Å². The molecule has 2 heterocycles. The second-order valence-electron chi connectivity index (χ2n) is 11.2. The smallest absolute Gasteiger partial charge is 0.416 e. The molecule has 4 aromatic rings. The number of halogens is 6. The highest BCUT2D eigenvalue weighted by atomic mass is 19.4. The number of para-hydroxylation sites is 1. The van der Waals surface area contributed by atoms with E-state index in [1.54, 1.807) is 24.4 Å². The topological polar surface area (TPSA) is 95.0 Å². The van der Waals surface area contributed by atoms with E-state index in [0.717, 1.165) is 31.4 Å². The first-order valence-corrected chi connectivity index (χ1v) is 14.6. The van der Waals surface area contributed by atoms with Crippen molar-refractivity contribution in [1.29, 1.82) is 0 Å². The van der Waals surface area contributed by atoms with Gasteiger partial charge in [-0.25, -0.2) is 0 Å². The van der Waals surface area contributed by atoms with Crippen LogP contribution in [0.25, 0.3) is 0 Å². The van der Waals surface area contributed by atoms with E-state index >= 15 is 0 Å². The molecule has 0 radical (unpaired) electrons. The molecule has 0 bridgehead atoms. The first kappa shape index (κ1) is 32.2. The predicted molar refractivity (Wildman–Crippen MR) is 154 cm³/mol. The zero-order chi connectivity index (χ0) is 32.2. The lowest BCUT2D eigenvalue weighted by Gasteiger charge is -2.28. The van der Waals surface area contributed by atoms with E-state index in [-0.39, 0.29) is 36.6 Å². The summed E-state index contributed by atoms with van der Waals surface area (Å²) in [6, 6.07) is 12.4. The highest BCUT2D eigenvalue weighted by Gasteiger charge is 2.37. The zero-order valence-corrected chi connectivity index (χ0v) is 24.5. The van der Waals surface area contributed by atoms with E-state index in [4.69, 9.17) is 15.5 Å². The van der Waals surface area contributed by atoms with Crippen LogP contribution < -0.4 is 15.4 Å². The van der Waals surface area contributed by atoms with E-state index in [1.807, 2.05) is 18.2 Å². The van der Waals surface area contributed by atoms with Crippen molar-refractivity contribution in [1.82, 2.24) is 25.2 Å². The minimum absolute atomic E-state index is 0.000307. The maximum atomic E-state index is 13.7. The monoisotopic (exact) mass is 633 g/mol. The van der Waals surface area contributed by atoms with Crippen LogP contribution >= 0.6 is 0 Å². The molecule has 2 aromatic carbocycles. The van der Waals surface area contributed by atoms with E-state index in [9.17, 15) is 26.3 Å². The lowest BCUT2D eigenvalue weighted by atomic mass is 9.83. The molecule has 5 rings (SSSR count). The van der Waals surface area contributed by atoms with Crippen LogP contribution in [0.4, 0.5) is 32.3 Å². The van der Waals surface area contributed by atoms with Gasteiger partial charge in [-0.05, 0) is 84.5 Å². The standard InChI is InChI=1S/C31H33F6N7O/c1-43-41-29(40-42-43)44(18-20-13-23(30(32,33)34)16-24(14-20)31(35,36)37)19-22-15-26(45-25-9-3-2-4-10-25)17-39-28(22)27(11-12-38)21-7-5-6-8-21/h2-4,9-10,13-17,21,27H,5-8,11-12,18-19,38H2,1H3. The van der Waals surface area contributed by atoms with Crippen LogP contribution in [0.5, 0.6) is 11.5 Å². The molecular formula is C31H33F6N7O. The third-order valence-corrected chi connectivity index (χ3v) is 7.92. The highest BCUT2D eigenvalue weighted by molar-refractivity contribution is 5.41. The van der Waals surface area contributed by atoms with Gasteiger partial charge in [0.1, 0.15) is 11.5 Å². The van der Waals surface area contributed by atoms with Crippen molar-refractivity contribution in [3.05, 3.63) is 88.7 Å². The lowest BCUT2D eigenvalue weighted by Crippen LogP contribution is -2.26. The summed E-state index contributed by atoms with van der Waals surface area (Å²) >= 11 is 0. The maximum absolute atomic E-state index is 13.7. The van der Waals surface area contributed by atoms with Crippen LogP contribution in [0, 0.1) is 5.92 Å². The van der Waals surface area contributed by atoms with Crippen molar-refractivity contribution in [3.8, 4) is 11.5 Å². The number of rotatable bonds is 11. The number of pyridine rings is 1. The van der Waals surface area contributed by atoms with Gasteiger partial charge < -0.3 is 15.4 Å². The molecule has 2 aromatic heterocycles. The van der Waals surface area contributed by atoms with Crippen LogP contribution in [-0.2, 0) is 32.5 Å². The SMILES string of the molecule is Cn1nnc(N(Cc2cc(C(F)(F)F)cc(C(F)(F)F)c2)Cc2cc(Oc3ccccc3)cnc2C(CCN)C2CCCC2)n1. The van der Waals surface area contributed by atoms with E-state index in [0.29, 0.717) is 48.1 Å². The van der Waals surface area contributed by atoms with Gasteiger partial charge in [-0.15, -0.1) is 5.10 Å². The average molecular weight is 634 g/mol. The van der Waals surface area contributed by atoms with Crippen molar-refractivity contribution in [2.75, 3.05) is 11.4 Å². The number of nitrogens with two attached hydrogens (primary N) is 1. The second kappa shape index (κ2) is 13.4.